The maximum absolute atomic E-state index is 12.8. The smallest absolute Gasteiger partial charge is 0.341 e. The Balaban J connectivity index is 2.05. The van der Waals surface area contributed by atoms with Gasteiger partial charge in [-0.1, -0.05) is 29.8 Å². The number of nitrogens with one attached hydrogen (secondary N) is 1. The molecule has 0 saturated carbocycles. The standard InChI is InChI=1S/C23H22ClNO3S/c1-5-28-23(27)20-19(16-8-10-18(24)11-9-16)15(4)29-22(20)25-21(26)17-7-6-13(2)14(3)12-17/h6-12H,5H2,1-4H3,(H,25,26). The first-order chi connectivity index (χ1) is 13.8. The molecule has 0 spiro atoms. The van der Waals surface area contributed by atoms with E-state index >= 15 is 0 Å². The van der Waals surface area contributed by atoms with Crippen molar-refractivity contribution in [3.63, 3.8) is 0 Å². The van der Waals surface area contributed by atoms with Gasteiger partial charge in [0.25, 0.3) is 5.91 Å². The lowest BCUT2D eigenvalue weighted by atomic mass is 10.0. The molecule has 3 rings (SSSR count). The zero-order valence-corrected chi connectivity index (χ0v) is 18.3. The predicted octanol–water partition coefficient (Wildman–Crippen LogP) is 6.42. The van der Waals surface area contributed by atoms with Crippen molar-refractivity contribution >= 4 is 39.8 Å². The summed E-state index contributed by atoms with van der Waals surface area (Å²) in [5, 5.41) is 4.00. The Hall–Kier alpha value is -2.63. The number of aryl methyl sites for hydroxylation is 3. The number of ether oxygens (including phenoxy) is 1. The summed E-state index contributed by atoms with van der Waals surface area (Å²) < 4.78 is 5.28. The number of carbonyl (C=O) groups excluding carboxylic acids is 2. The monoisotopic (exact) mass is 427 g/mol. The molecule has 0 radical (unpaired) electrons. The quantitative estimate of drug-likeness (QED) is 0.478. The number of thiophene rings is 1. The maximum atomic E-state index is 12.8. The van der Waals surface area contributed by atoms with Gasteiger partial charge in [0.15, 0.2) is 0 Å². The third-order valence-corrected chi connectivity index (χ3v) is 5.97. The van der Waals surface area contributed by atoms with Crippen LogP contribution < -0.4 is 5.32 Å². The predicted molar refractivity (Wildman–Crippen MR) is 119 cm³/mol. The second kappa shape index (κ2) is 8.80. The van der Waals surface area contributed by atoms with Gasteiger partial charge in [0.2, 0.25) is 0 Å². The fourth-order valence-electron chi connectivity index (χ4n) is 3.05. The molecule has 2 aromatic carbocycles. The average Bonchev–Trinajstić information content (AvgIpc) is 3.00. The van der Waals surface area contributed by atoms with E-state index in [1.54, 1.807) is 25.1 Å². The SMILES string of the molecule is CCOC(=O)c1c(NC(=O)c2ccc(C)c(C)c2)sc(C)c1-c1ccc(Cl)cc1. The molecule has 0 saturated heterocycles. The highest BCUT2D eigenvalue weighted by molar-refractivity contribution is 7.17. The van der Waals surface area contributed by atoms with Crippen LogP contribution in [-0.2, 0) is 4.74 Å². The number of rotatable bonds is 5. The highest BCUT2D eigenvalue weighted by atomic mass is 35.5. The third kappa shape index (κ3) is 4.52. The number of esters is 1. The topological polar surface area (TPSA) is 55.4 Å². The highest BCUT2D eigenvalue weighted by Gasteiger charge is 2.25. The molecule has 29 heavy (non-hydrogen) atoms. The Morgan fingerprint density at radius 1 is 1.03 bits per heavy atom. The van der Waals surface area contributed by atoms with Crippen molar-refractivity contribution in [3.8, 4) is 11.1 Å². The Bertz CT molecular complexity index is 1070. The summed E-state index contributed by atoms with van der Waals surface area (Å²) in [7, 11) is 0. The van der Waals surface area contributed by atoms with Crippen LogP contribution in [0.2, 0.25) is 5.02 Å². The summed E-state index contributed by atoms with van der Waals surface area (Å²) in [4.78, 5) is 26.5. The molecule has 1 N–H and O–H groups in total. The molecule has 0 aliphatic rings. The summed E-state index contributed by atoms with van der Waals surface area (Å²) in [6.07, 6.45) is 0. The van der Waals surface area contributed by atoms with Gasteiger partial charge in [0.1, 0.15) is 10.6 Å². The van der Waals surface area contributed by atoms with Crippen molar-refractivity contribution in [1.29, 1.82) is 0 Å². The van der Waals surface area contributed by atoms with Crippen molar-refractivity contribution in [2.75, 3.05) is 11.9 Å². The Labute approximate surface area is 179 Å². The van der Waals surface area contributed by atoms with Crippen LogP contribution in [0.1, 0.15) is 43.6 Å². The van der Waals surface area contributed by atoms with Gasteiger partial charge >= 0.3 is 5.97 Å². The van der Waals surface area contributed by atoms with Crippen LogP contribution in [0.3, 0.4) is 0 Å². The second-order valence-corrected chi connectivity index (χ2v) is 8.38. The number of carbonyl (C=O) groups is 2. The minimum absolute atomic E-state index is 0.248. The zero-order valence-electron chi connectivity index (χ0n) is 16.8. The molecular weight excluding hydrogens is 406 g/mol. The molecule has 1 aromatic heterocycles. The van der Waals surface area contributed by atoms with E-state index in [1.807, 2.05) is 45.0 Å². The molecule has 4 nitrogen and oxygen atoms in total. The number of anilines is 1. The molecule has 0 aliphatic heterocycles. The molecule has 3 aromatic rings. The van der Waals surface area contributed by atoms with Crippen LogP contribution in [0.4, 0.5) is 5.00 Å². The Morgan fingerprint density at radius 3 is 2.34 bits per heavy atom. The van der Waals surface area contributed by atoms with E-state index in [4.69, 9.17) is 16.3 Å². The van der Waals surface area contributed by atoms with Crippen LogP contribution in [-0.4, -0.2) is 18.5 Å². The third-order valence-electron chi connectivity index (χ3n) is 4.69. The van der Waals surface area contributed by atoms with Gasteiger partial charge in [-0.25, -0.2) is 4.79 Å². The molecule has 0 aliphatic carbocycles. The first-order valence-electron chi connectivity index (χ1n) is 9.26. The van der Waals surface area contributed by atoms with Crippen molar-refractivity contribution in [2.45, 2.75) is 27.7 Å². The molecule has 0 fully saturated rings. The lowest BCUT2D eigenvalue weighted by molar-refractivity contribution is 0.0529. The van der Waals surface area contributed by atoms with Gasteiger partial charge in [0.05, 0.1) is 6.61 Å². The van der Waals surface area contributed by atoms with Gasteiger partial charge in [-0.3, -0.25) is 4.79 Å². The van der Waals surface area contributed by atoms with E-state index in [0.717, 1.165) is 27.1 Å². The molecule has 6 heteroatoms. The molecule has 1 amide bonds. The van der Waals surface area contributed by atoms with Crippen LogP contribution in [0.25, 0.3) is 11.1 Å². The molecule has 150 valence electrons. The fraction of sp³-hybridized carbons (Fsp3) is 0.217. The van der Waals surface area contributed by atoms with Gasteiger partial charge in [0, 0.05) is 21.0 Å². The maximum Gasteiger partial charge on any atom is 0.341 e. The van der Waals surface area contributed by atoms with Gasteiger partial charge < -0.3 is 10.1 Å². The first kappa shape index (κ1) is 21.1. The van der Waals surface area contributed by atoms with Crippen molar-refractivity contribution in [1.82, 2.24) is 0 Å². The van der Waals surface area contributed by atoms with Crippen LogP contribution in [0.15, 0.2) is 42.5 Å². The van der Waals surface area contributed by atoms with E-state index in [-0.39, 0.29) is 12.5 Å². The zero-order chi connectivity index (χ0) is 21.1. The largest absolute Gasteiger partial charge is 0.462 e. The lowest BCUT2D eigenvalue weighted by Gasteiger charge is -2.10. The van der Waals surface area contributed by atoms with Gasteiger partial charge in [-0.15, -0.1) is 11.3 Å². The molecule has 0 bridgehead atoms. The number of amides is 1. The van der Waals surface area contributed by atoms with Gasteiger partial charge in [-0.05, 0) is 68.7 Å². The normalized spacial score (nSPS) is 10.7. The number of hydrogen-bond donors (Lipinski definition) is 1. The summed E-state index contributed by atoms with van der Waals surface area (Å²) in [6.45, 7) is 7.88. The van der Waals surface area contributed by atoms with E-state index in [1.165, 1.54) is 11.3 Å². The first-order valence-corrected chi connectivity index (χ1v) is 10.5. The minimum atomic E-state index is -0.461. The van der Waals surface area contributed by atoms with E-state index in [2.05, 4.69) is 5.32 Å². The molecular formula is C23H22ClNO3S. The van der Waals surface area contributed by atoms with Crippen LogP contribution in [0, 0.1) is 20.8 Å². The summed E-state index contributed by atoms with van der Waals surface area (Å²) >= 11 is 7.37. The van der Waals surface area contributed by atoms with E-state index < -0.39 is 5.97 Å². The van der Waals surface area contributed by atoms with Crippen LogP contribution in [0.5, 0.6) is 0 Å². The molecule has 0 unspecified atom stereocenters. The molecule has 0 atom stereocenters. The molecule has 1 heterocycles. The minimum Gasteiger partial charge on any atom is -0.462 e. The second-order valence-electron chi connectivity index (χ2n) is 6.72. The average molecular weight is 428 g/mol. The summed E-state index contributed by atoms with van der Waals surface area (Å²) in [5.74, 6) is -0.722. The summed E-state index contributed by atoms with van der Waals surface area (Å²) in [6, 6.07) is 12.8. The number of halogens is 1. The highest BCUT2D eigenvalue weighted by Crippen LogP contribution is 2.41. The van der Waals surface area contributed by atoms with E-state index in [9.17, 15) is 9.59 Å². The van der Waals surface area contributed by atoms with Crippen LogP contribution >= 0.6 is 22.9 Å². The van der Waals surface area contributed by atoms with Crippen molar-refractivity contribution in [3.05, 3.63) is 74.6 Å². The fourth-order valence-corrected chi connectivity index (χ4v) is 4.24. The van der Waals surface area contributed by atoms with E-state index in [0.29, 0.717) is 21.2 Å². The number of hydrogen-bond acceptors (Lipinski definition) is 4. The lowest BCUT2D eigenvalue weighted by Crippen LogP contribution is -2.15. The summed E-state index contributed by atoms with van der Waals surface area (Å²) in [5.41, 5.74) is 4.66. The van der Waals surface area contributed by atoms with Crippen molar-refractivity contribution in [2.24, 2.45) is 0 Å². The van der Waals surface area contributed by atoms with Crippen molar-refractivity contribution < 1.29 is 14.3 Å². The number of benzene rings is 2. The Morgan fingerprint density at radius 2 is 1.72 bits per heavy atom. The van der Waals surface area contributed by atoms with Gasteiger partial charge in [-0.2, -0.15) is 0 Å². The Kier molecular flexibility index (Phi) is 6.40.